The molecule has 0 saturated heterocycles. The molecule has 1 aliphatic carbocycles. The van der Waals surface area contributed by atoms with Crippen LogP contribution < -0.4 is 5.32 Å². The Hall–Kier alpha value is -0.290. The Balaban J connectivity index is 1.61. The minimum absolute atomic E-state index is 0.347. The van der Waals surface area contributed by atoms with E-state index in [0.29, 0.717) is 6.04 Å². The Morgan fingerprint density at radius 3 is 2.75 bits per heavy atom. The van der Waals surface area contributed by atoms with Gasteiger partial charge in [0, 0.05) is 11.8 Å². The third-order valence-corrected chi connectivity index (χ3v) is 6.32. The molecule has 1 saturated carbocycles. The van der Waals surface area contributed by atoms with Gasteiger partial charge in [0.1, 0.15) is 5.54 Å². The first kappa shape index (κ1) is 16.1. The monoisotopic (exact) mass is 328 g/mol. The predicted octanol–water partition coefficient (Wildman–Crippen LogP) is 3.56. The van der Waals surface area contributed by atoms with Crippen LogP contribution in [-0.2, 0) is 0 Å². The fourth-order valence-corrected chi connectivity index (χ4v) is 4.42. The van der Waals surface area contributed by atoms with E-state index in [-0.39, 0.29) is 5.54 Å². The first-order chi connectivity index (χ1) is 9.65. The van der Waals surface area contributed by atoms with Gasteiger partial charge in [-0.15, -0.1) is 10.2 Å². The fraction of sp³-hybridized carbons (Fsp3) is 0.769. The summed E-state index contributed by atoms with van der Waals surface area (Å²) in [7, 11) is 0. The Morgan fingerprint density at radius 1 is 1.40 bits per heavy atom. The second kappa shape index (κ2) is 7.64. The van der Waals surface area contributed by atoms with Crippen molar-refractivity contribution in [3.8, 4) is 6.07 Å². The molecule has 1 aromatic heterocycles. The minimum Gasteiger partial charge on any atom is -0.297 e. The highest BCUT2D eigenvalue weighted by Gasteiger charge is 2.31. The van der Waals surface area contributed by atoms with E-state index in [1.807, 2.05) is 13.2 Å². The summed E-state index contributed by atoms with van der Waals surface area (Å²) >= 11 is 5.06. The Morgan fingerprint density at radius 2 is 2.15 bits per heavy atom. The van der Waals surface area contributed by atoms with Crippen molar-refractivity contribution >= 4 is 34.9 Å². The van der Waals surface area contributed by atoms with E-state index in [4.69, 9.17) is 0 Å². The number of nitriles is 1. The van der Waals surface area contributed by atoms with Crippen LogP contribution in [0.3, 0.4) is 0 Å². The predicted molar refractivity (Wildman–Crippen MR) is 86.4 cm³/mol. The molecule has 7 heteroatoms. The second-order valence-electron chi connectivity index (χ2n) is 5.21. The summed E-state index contributed by atoms with van der Waals surface area (Å²) in [6, 6.07) is 3.01. The fourth-order valence-electron chi connectivity index (χ4n) is 1.92. The van der Waals surface area contributed by atoms with Crippen molar-refractivity contribution in [2.75, 3.05) is 12.0 Å². The average molecular weight is 329 g/mol. The molecule has 1 atom stereocenters. The van der Waals surface area contributed by atoms with Crippen molar-refractivity contribution in [2.24, 2.45) is 0 Å². The summed E-state index contributed by atoms with van der Waals surface area (Å²) in [5.74, 6) is 1.05. The molecule has 1 heterocycles. The Bertz CT molecular complexity index is 466. The molecule has 4 nitrogen and oxygen atoms in total. The molecule has 20 heavy (non-hydrogen) atoms. The SMILES string of the molecule is CSc1nnc(SCCCCC(C)(C#N)NC2CC2)s1. The summed E-state index contributed by atoms with van der Waals surface area (Å²) in [6.07, 6.45) is 7.58. The lowest BCUT2D eigenvalue weighted by molar-refractivity contribution is 0.402. The maximum absolute atomic E-state index is 9.29. The quantitative estimate of drug-likeness (QED) is 0.552. The van der Waals surface area contributed by atoms with Gasteiger partial charge < -0.3 is 0 Å². The molecule has 1 N–H and O–H groups in total. The number of rotatable bonds is 9. The number of thioether (sulfide) groups is 2. The van der Waals surface area contributed by atoms with Gasteiger partial charge in [0.25, 0.3) is 0 Å². The maximum atomic E-state index is 9.29. The van der Waals surface area contributed by atoms with E-state index in [9.17, 15) is 5.26 Å². The van der Waals surface area contributed by atoms with Gasteiger partial charge >= 0.3 is 0 Å². The third-order valence-electron chi connectivity index (χ3n) is 3.21. The third kappa shape index (κ3) is 5.24. The summed E-state index contributed by atoms with van der Waals surface area (Å²) in [5.41, 5.74) is -0.347. The average Bonchev–Trinajstić information content (AvgIpc) is 3.13. The molecule has 0 aromatic carbocycles. The summed E-state index contributed by atoms with van der Waals surface area (Å²) in [4.78, 5) is 0. The molecule has 1 aromatic rings. The molecular weight excluding hydrogens is 308 g/mol. The molecule has 0 radical (unpaired) electrons. The maximum Gasteiger partial charge on any atom is 0.175 e. The van der Waals surface area contributed by atoms with Gasteiger partial charge in [0.15, 0.2) is 8.68 Å². The van der Waals surface area contributed by atoms with E-state index in [1.54, 1.807) is 34.9 Å². The van der Waals surface area contributed by atoms with Crippen LogP contribution in [0, 0.1) is 11.3 Å². The van der Waals surface area contributed by atoms with Crippen LogP contribution in [0.2, 0.25) is 0 Å². The number of aromatic nitrogens is 2. The highest BCUT2D eigenvalue weighted by atomic mass is 32.2. The number of unbranched alkanes of at least 4 members (excludes halogenated alkanes) is 1. The zero-order chi connectivity index (χ0) is 14.4. The van der Waals surface area contributed by atoms with Crippen molar-refractivity contribution in [2.45, 2.75) is 59.3 Å². The van der Waals surface area contributed by atoms with E-state index in [0.717, 1.165) is 33.7 Å². The molecule has 110 valence electrons. The normalized spacial score (nSPS) is 17.6. The molecule has 1 aliphatic rings. The highest BCUT2D eigenvalue weighted by molar-refractivity contribution is 8.02. The molecule has 2 rings (SSSR count). The first-order valence-corrected chi connectivity index (χ1v) is 9.87. The van der Waals surface area contributed by atoms with E-state index in [1.165, 1.54) is 12.8 Å². The van der Waals surface area contributed by atoms with Crippen LogP contribution in [-0.4, -0.2) is 33.8 Å². The second-order valence-corrected chi connectivity index (χ2v) is 8.58. The van der Waals surface area contributed by atoms with Crippen molar-refractivity contribution in [3.63, 3.8) is 0 Å². The standard InChI is InChI=1S/C13H20N4S3/c1-13(9-14,15-10-5-6-10)7-3-4-8-19-12-17-16-11(18-2)20-12/h10,15H,3-8H2,1-2H3. The van der Waals surface area contributed by atoms with Crippen molar-refractivity contribution in [1.29, 1.82) is 5.26 Å². The van der Waals surface area contributed by atoms with Crippen LogP contribution in [0.5, 0.6) is 0 Å². The van der Waals surface area contributed by atoms with Crippen molar-refractivity contribution < 1.29 is 0 Å². The topological polar surface area (TPSA) is 61.6 Å². The highest BCUT2D eigenvalue weighted by Crippen LogP contribution is 2.29. The van der Waals surface area contributed by atoms with Gasteiger partial charge in [-0.1, -0.05) is 34.9 Å². The van der Waals surface area contributed by atoms with Crippen LogP contribution in [0.15, 0.2) is 8.68 Å². The molecule has 1 unspecified atom stereocenters. The van der Waals surface area contributed by atoms with E-state index in [2.05, 4.69) is 21.6 Å². The minimum atomic E-state index is -0.347. The van der Waals surface area contributed by atoms with Gasteiger partial charge in [0.05, 0.1) is 6.07 Å². The van der Waals surface area contributed by atoms with Crippen LogP contribution in [0.4, 0.5) is 0 Å². The van der Waals surface area contributed by atoms with Crippen LogP contribution in [0.25, 0.3) is 0 Å². The summed E-state index contributed by atoms with van der Waals surface area (Å²) < 4.78 is 2.08. The first-order valence-electron chi connectivity index (χ1n) is 6.84. The molecule has 0 bridgehead atoms. The van der Waals surface area contributed by atoms with E-state index < -0.39 is 0 Å². The van der Waals surface area contributed by atoms with Gasteiger partial charge in [-0.2, -0.15) is 5.26 Å². The number of nitrogens with zero attached hydrogens (tertiary/aromatic N) is 3. The number of hydrogen-bond donors (Lipinski definition) is 1. The lowest BCUT2D eigenvalue weighted by Crippen LogP contribution is -2.42. The lowest BCUT2D eigenvalue weighted by atomic mass is 9.96. The van der Waals surface area contributed by atoms with Crippen molar-refractivity contribution in [1.82, 2.24) is 15.5 Å². The molecule has 0 aliphatic heterocycles. The molecule has 1 fully saturated rings. The largest absolute Gasteiger partial charge is 0.297 e. The van der Waals surface area contributed by atoms with Crippen molar-refractivity contribution in [3.05, 3.63) is 0 Å². The smallest absolute Gasteiger partial charge is 0.175 e. The molecular formula is C13H20N4S3. The van der Waals surface area contributed by atoms with E-state index >= 15 is 0 Å². The van der Waals surface area contributed by atoms with Crippen LogP contribution in [0.1, 0.15) is 39.0 Å². The zero-order valence-electron chi connectivity index (χ0n) is 11.9. The molecule has 0 spiro atoms. The van der Waals surface area contributed by atoms with Crippen LogP contribution >= 0.6 is 34.9 Å². The zero-order valence-corrected chi connectivity index (χ0v) is 14.3. The summed E-state index contributed by atoms with van der Waals surface area (Å²) in [6.45, 7) is 2.02. The number of hydrogen-bond acceptors (Lipinski definition) is 7. The lowest BCUT2D eigenvalue weighted by Gasteiger charge is -2.23. The van der Waals surface area contributed by atoms with Gasteiger partial charge in [-0.25, -0.2) is 0 Å². The molecule has 0 amide bonds. The Kier molecular flexibility index (Phi) is 6.15. The number of nitrogens with one attached hydrogen (secondary N) is 1. The van der Waals surface area contributed by atoms with Gasteiger partial charge in [-0.3, -0.25) is 5.32 Å². The van der Waals surface area contributed by atoms with Gasteiger partial charge in [-0.05, 0) is 45.3 Å². The van der Waals surface area contributed by atoms with Gasteiger partial charge in [0.2, 0.25) is 0 Å². The summed E-state index contributed by atoms with van der Waals surface area (Å²) in [5, 5.41) is 21.0. The Labute approximate surface area is 133 Å².